The molecule has 0 aliphatic carbocycles. The molecule has 1 aromatic rings. The van der Waals surface area contributed by atoms with Crippen molar-refractivity contribution in [3.63, 3.8) is 0 Å². The normalized spacial score (nSPS) is 8.88. The molecule has 0 spiro atoms. The van der Waals surface area contributed by atoms with Gasteiger partial charge in [-0.25, -0.2) is 0 Å². The van der Waals surface area contributed by atoms with Crippen LogP contribution in [0.25, 0.3) is 0 Å². The quantitative estimate of drug-likeness (QED) is 0.260. The molecule has 1 rings (SSSR count). The van der Waals surface area contributed by atoms with Crippen molar-refractivity contribution in [1.29, 1.82) is 0 Å². The summed E-state index contributed by atoms with van der Waals surface area (Å²) in [6, 6.07) is 8.45. The summed E-state index contributed by atoms with van der Waals surface area (Å²) in [7, 11) is 0. The summed E-state index contributed by atoms with van der Waals surface area (Å²) in [6.07, 6.45) is 4.05. The largest absolute Gasteiger partial charge is 0.294 e. The summed E-state index contributed by atoms with van der Waals surface area (Å²) in [5.74, 6) is 0.356. The molecule has 0 saturated carbocycles. The third-order valence-electron chi connectivity index (χ3n) is 1.90. The molecule has 0 fully saturated rings. The fourth-order valence-corrected chi connectivity index (χ4v) is 1.20. The molecule has 0 amide bonds. The van der Waals surface area contributed by atoms with Crippen LogP contribution in [-0.4, -0.2) is 17.9 Å². The monoisotopic (exact) mass is 240 g/mol. The van der Waals surface area contributed by atoms with Gasteiger partial charge in [-0.15, -0.1) is 11.6 Å². The number of aldehydes is 1. The number of carbonyl (C=O) groups is 2. The summed E-state index contributed by atoms with van der Waals surface area (Å²) in [4.78, 5) is 20.6. The van der Waals surface area contributed by atoms with Crippen molar-refractivity contribution in [3.05, 3.63) is 35.9 Å². The Morgan fingerprint density at radius 3 is 2.25 bits per heavy atom. The number of rotatable bonds is 5. The van der Waals surface area contributed by atoms with E-state index in [0.717, 1.165) is 5.88 Å². The van der Waals surface area contributed by atoms with Crippen LogP contribution in [0, 0.1) is 0 Å². The topological polar surface area (TPSA) is 34.1 Å². The standard InChI is InChI=1S/C8H6O2.C5H11Cl/c9-6-8(10)7-4-2-1-3-5-7;1-2-3-4-5-6/h1-6H;2-5H2,1H3. The maximum absolute atomic E-state index is 10.6. The minimum absolute atomic E-state index is 0.315. The fraction of sp³-hybridized carbons (Fsp3) is 0.385. The Morgan fingerprint density at radius 1 is 1.25 bits per heavy atom. The summed E-state index contributed by atoms with van der Waals surface area (Å²) in [5.41, 5.74) is 0.442. The van der Waals surface area contributed by atoms with Gasteiger partial charge in [-0.2, -0.15) is 0 Å². The highest BCUT2D eigenvalue weighted by molar-refractivity contribution is 6.33. The summed E-state index contributed by atoms with van der Waals surface area (Å²) in [5, 5.41) is 0. The van der Waals surface area contributed by atoms with E-state index in [1.54, 1.807) is 30.3 Å². The van der Waals surface area contributed by atoms with Crippen LogP contribution in [-0.2, 0) is 4.79 Å². The van der Waals surface area contributed by atoms with E-state index < -0.39 is 5.78 Å². The van der Waals surface area contributed by atoms with E-state index in [0.29, 0.717) is 11.8 Å². The Labute approximate surface area is 102 Å². The number of ketones is 1. The second-order valence-corrected chi connectivity index (χ2v) is 3.62. The first-order valence-electron chi connectivity index (χ1n) is 5.36. The number of benzene rings is 1. The van der Waals surface area contributed by atoms with Crippen LogP contribution in [0.4, 0.5) is 0 Å². The fourth-order valence-electron chi connectivity index (χ4n) is 1.01. The van der Waals surface area contributed by atoms with Crippen LogP contribution in [0.3, 0.4) is 0 Å². The zero-order chi connectivity index (χ0) is 12.2. The van der Waals surface area contributed by atoms with E-state index in [-0.39, 0.29) is 0 Å². The predicted octanol–water partition coefficient (Wildman–Crippen LogP) is 3.48. The third kappa shape index (κ3) is 7.18. The van der Waals surface area contributed by atoms with E-state index in [1.807, 2.05) is 0 Å². The van der Waals surface area contributed by atoms with E-state index >= 15 is 0 Å². The zero-order valence-electron chi connectivity index (χ0n) is 9.49. The van der Waals surface area contributed by atoms with Gasteiger partial charge < -0.3 is 0 Å². The SMILES string of the molecule is CCCCCCl.O=CC(=O)c1ccccc1. The average Bonchev–Trinajstić information content (AvgIpc) is 2.37. The number of Topliss-reactive ketones (excluding diaryl/α,β-unsaturated/α-hetero) is 1. The van der Waals surface area contributed by atoms with Crippen LogP contribution in [0.2, 0.25) is 0 Å². The number of unbranched alkanes of at least 4 members (excludes halogenated alkanes) is 2. The van der Waals surface area contributed by atoms with Crippen molar-refractivity contribution in [2.24, 2.45) is 0 Å². The molecule has 0 N–H and O–H groups in total. The van der Waals surface area contributed by atoms with Crippen molar-refractivity contribution >= 4 is 23.7 Å². The smallest absolute Gasteiger partial charge is 0.225 e. The molecule has 16 heavy (non-hydrogen) atoms. The van der Waals surface area contributed by atoms with Gasteiger partial charge in [0.15, 0.2) is 6.29 Å². The number of alkyl halides is 1. The second kappa shape index (κ2) is 10.4. The first-order chi connectivity index (χ1) is 7.76. The Kier molecular flexibility index (Phi) is 9.63. The molecule has 0 aliphatic heterocycles. The van der Waals surface area contributed by atoms with Crippen LogP contribution in [0.1, 0.15) is 36.5 Å². The zero-order valence-corrected chi connectivity index (χ0v) is 10.2. The molecule has 88 valence electrons. The molecule has 1 aromatic carbocycles. The van der Waals surface area contributed by atoms with E-state index in [4.69, 9.17) is 11.6 Å². The molecule has 0 radical (unpaired) electrons. The van der Waals surface area contributed by atoms with Gasteiger partial charge in [0.25, 0.3) is 0 Å². The van der Waals surface area contributed by atoms with Crippen molar-refractivity contribution in [2.45, 2.75) is 26.2 Å². The Hall–Kier alpha value is -1.15. The van der Waals surface area contributed by atoms with Gasteiger partial charge in [0, 0.05) is 11.4 Å². The molecule has 0 aliphatic rings. The van der Waals surface area contributed by atoms with Crippen LogP contribution < -0.4 is 0 Å². The Balaban J connectivity index is 0.000000325. The highest BCUT2D eigenvalue weighted by Crippen LogP contribution is 1.96. The molecular formula is C13H17ClO2. The molecule has 0 heterocycles. The van der Waals surface area contributed by atoms with Gasteiger partial charge in [0.2, 0.25) is 5.78 Å². The number of carbonyl (C=O) groups excluding carboxylic acids is 2. The van der Waals surface area contributed by atoms with Gasteiger partial charge in [-0.05, 0) is 6.42 Å². The average molecular weight is 241 g/mol. The molecule has 0 atom stereocenters. The number of hydrogen-bond donors (Lipinski definition) is 0. The lowest BCUT2D eigenvalue weighted by atomic mass is 10.1. The van der Waals surface area contributed by atoms with Gasteiger partial charge in [-0.1, -0.05) is 50.1 Å². The maximum Gasteiger partial charge on any atom is 0.225 e. The Morgan fingerprint density at radius 2 is 1.88 bits per heavy atom. The van der Waals surface area contributed by atoms with E-state index in [2.05, 4.69) is 6.92 Å². The minimum atomic E-state index is -0.472. The van der Waals surface area contributed by atoms with Crippen LogP contribution in [0.5, 0.6) is 0 Å². The molecule has 0 bridgehead atoms. The highest BCUT2D eigenvalue weighted by atomic mass is 35.5. The molecule has 3 heteroatoms. The molecule has 0 saturated heterocycles. The number of hydrogen-bond acceptors (Lipinski definition) is 2. The van der Waals surface area contributed by atoms with E-state index in [1.165, 1.54) is 19.3 Å². The summed E-state index contributed by atoms with van der Waals surface area (Å²) >= 11 is 5.38. The molecule has 2 nitrogen and oxygen atoms in total. The second-order valence-electron chi connectivity index (χ2n) is 3.24. The lowest BCUT2D eigenvalue weighted by Gasteiger charge is -1.88. The van der Waals surface area contributed by atoms with Crippen molar-refractivity contribution in [2.75, 3.05) is 5.88 Å². The Bertz CT molecular complexity index is 292. The third-order valence-corrected chi connectivity index (χ3v) is 2.17. The van der Waals surface area contributed by atoms with Crippen LogP contribution >= 0.6 is 11.6 Å². The van der Waals surface area contributed by atoms with Crippen molar-refractivity contribution < 1.29 is 9.59 Å². The summed E-state index contributed by atoms with van der Waals surface area (Å²) in [6.45, 7) is 2.17. The minimum Gasteiger partial charge on any atom is -0.294 e. The lowest BCUT2D eigenvalue weighted by molar-refractivity contribution is -0.104. The van der Waals surface area contributed by atoms with Gasteiger partial charge in [0.1, 0.15) is 0 Å². The van der Waals surface area contributed by atoms with Crippen LogP contribution in [0.15, 0.2) is 30.3 Å². The summed E-state index contributed by atoms with van der Waals surface area (Å²) < 4.78 is 0. The first-order valence-corrected chi connectivity index (χ1v) is 5.90. The molecular weight excluding hydrogens is 224 g/mol. The van der Waals surface area contributed by atoms with Gasteiger partial charge >= 0.3 is 0 Å². The highest BCUT2D eigenvalue weighted by Gasteiger charge is 1.99. The lowest BCUT2D eigenvalue weighted by Crippen LogP contribution is -1.97. The van der Waals surface area contributed by atoms with E-state index in [9.17, 15) is 9.59 Å². The maximum atomic E-state index is 10.6. The molecule has 0 aromatic heterocycles. The van der Waals surface area contributed by atoms with Gasteiger partial charge in [-0.3, -0.25) is 9.59 Å². The first kappa shape index (κ1) is 14.8. The number of halogens is 1. The van der Waals surface area contributed by atoms with Crippen molar-refractivity contribution in [3.8, 4) is 0 Å². The van der Waals surface area contributed by atoms with Gasteiger partial charge in [0.05, 0.1) is 0 Å². The molecule has 0 unspecified atom stereocenters. The van der Waals surface area contributed by atoms with Crippen molar-refractivity contribution in [1.82, 2.24) is 0 Å². The predicted molar refractivity (Wildman–Crippen MR) is 67.1 cm³/mol.